The van der Waals surface area contributed by atoms with E-state index in [0.29, 0.717) is 24.6 Å². The zero-order chi connectivity index (χ0) is 19.1. The molecule has 0 aliphatic heterocycles. The van der Waals surface area contributed by atoms with Gasteiger partial charge >= 0.3 is 0 Å². The van der Waals surface area contributed by atoms with E-state index >= 15 is 0 Å². The van der Waals surface area contributed by atoms with Crippen LogP contribution in [0.4, 0.5) is 8.78 Å². The summed E-state index contributed by atoms with van der Waals surface area (Å²) in [5.41, 5.74) is 2.46. The molecule has 2 rings (SSSR count). The average molecular weight is 492 g/mol. The minimum Gasteiger partial charge on any atom is -0.361 e. The van der Waals surface area contributed by atoms with Gasteiger partial charge in [0, 0.05) is 44.1 Å². The summed E-state index contributed by atoms with van der Waals surface area (Å²) in [5.74, 6) is 0.223. The van der Waals surface area contributed by atoms with E-state index in [1.807, 2.05) is 20.8 Å². The maximum absolute atomic E-state index is 13.9. The molecule has 0 saturated carbocycles. The second kappa shape index (κ2) is 11.2. The lowest BCUT2D eigenvalue weighted by Gasteiger charge is -2.17. The molecule has 150 valence electrons. The van der Waals surface area contributed by atoms with E-state index in [1.165, 1.54) is 12.1 Å². The molecule has 0 amide bonds. The van der Waals surface area contributed by atoms with Crippen molar-refractivity contribution in [2.75, 3.05) is 13.6 Å². The van der Waals surface area contributed by atoms with Gasteiger partial charge in [-0.05, 0) is 18.1 Å². The highest BCUT2D eigenvalue weighted by molar-refractivity contribution is 14.0. The molecule has 8 heteroatoms. The van der Waals surface area contributed by atoms with Gasteiger partial charge in [0.2, 0.25) is 0 Å². The Morgan fingerprint density at radius 3 is 2.56 bits per heavy atom. The summed E-state index contributed by atoms with van der Waals surface area (Å²) < 4.78 is 32.3. The molecule has 1 heterocycles. The third-order valence-electron chi connectivity index (χ3n) is 4.33. The van der Waals surface area contributed by atoms with E-state index < -0.39 is 11.6 Å². The van der Waals surface area contributed by atoms with Gasteiger partial charge in [0.05, 0.1) is 5.69 Å². The Hall–Kier alpha value is -1.71. The van der Waals surface area contributed by atoms with Crippen molar-refractivity contribution in [1.29, 1.82) is 0 Å². The number of aliphatic imine (C=N–C) groups is 1. The quantitative estimate of drug-likeness (QED) is 0.346. The van der Waals surface area contributed by atoms with Crippen LogP contribution < -0.4 is 10.6 Å². The predicted octanol–water partition coefficient (Wildman–Crippen LogP) is 4.16. The van der Waals surface area contributed by atoms with Gasteiger partial charge < -0.3 is 15.2 Å². The maximum Gasteiger partial charge on any atom is 0.191 e. The van der Waals surface area contributed by atoms with E-state index in [1.54, 1.807) is 7.05 Å². The summed E-state index contributed by atoms with van der Waals surface area (Å²) in [7, 11) is 1.67. The van der Waals surface area contributed by atoms with Crippen molar-refractivity contribution in [3.05, 3.63) is 52.4 Å². The number of aryl methyl sites for hydroxylation is 2. The highest BCUT2D eigenvalue weighted by Gasteiger charge is 2.15. The van der Waals surface area contributed by atoms with Crippen LogP contribution in [0.2, 0.25) is 0 Å². The predicted molar refractivity (Wildman–Crippen MR) is 114 cm³/mol. The van der Waals surface area contributed by atoms with E-state index in [9.17, 15) is 8.78 Å². The smallest absolute Gasteiger partial charge is 0.191 e. The second-order valence-electron chi connectivity index (χ2n) is 6.11. The first-order valence-corrected chi connectivity index (χ1v) is 8.85. The first kappa shape index (κ1) is 23.3. The molecule has 0 spiro atoms. The molecule has 1 atom stereocenters. The SMILES string of the molecule is CCc1noc(CC)c1CNC(=NC)NCC(C)c1ccc(F)cc1F.I. The van der Waals surface area contributed by atoms with Crippen molar-refractivity contribution in [1.82, 2.24) is 15.8 Å². The lowest BCUT2D eigenvalue weighted by molar-refractivity contribution is 0.380. The van der Waals surface area contributed by atoms with Crippen LogP contribution >= 0.6 is 24.0 Å². The molecule has 2 aromatic rings. The third kappa shape index (κ3) is 6.15. The Morgan fingerprint density at radius 2 is 1.96 bits per heavy atom. The number of hydrogen-bond donors (Lipinski definition) is 2. The molecule has 0 saturated heterocycles. The number of hydrogen-bond acceptors (Lipinski definition) is 3. The van der Waals surface area contributed by atoms with E-state index in [-0.39, 0.29) is 29.9 Å². The molecule has 0 aliphatic rings. The van der Waals surface area contributed by atoms with Crippen LogP contribution in [0.15, 0.2) is 27.7 Å². The Kier molecular flexibility index (Phi) is 9.68. The normalized spacial score (nSPS) is 12.4. The fourth-order valence-corrected chi connectivity index (χ4v) is 2.79. The molecule has 0 bridgehead atoms. The third-order valence-corrected chi connectivity index (χ3v) is 4.33. The maximum atomic E-state index is 13.9. The molecule has 1 aromatic carbocycles. The molecule has 1 unspecified atom stereocenters. The number of rotatable bonds is 7. The van der Waals surface area contributed by atoms with E-state index in [0.717, 1.165) is 35.9 Å². The van der Waals surface area contributed by atoms with Crippen molar-refractivity contribution < 1.29 is 13.3 Å². The number of nitrogens with one attached hydrogen (secondary N) is 2. The summed E-state index contributed by atoms with van der Waals surface area (Å²) in [6, 6.07) is 3.65. The van der Waals surface area contributed by atoms with Crippen molar-refractivity contribution in [2.45, 2.75) is 46.1 Å². The molecule has 0 radical (unpaired) electrons. The van der Waals surface area contributed by atoms with Gasteiger partial charge in [0.25, 0.3) is 0 Å². The summed E-state index contributed by atoms with van der Waals surface area (Å²) in [5, 5.41) is 10.5. The van der Waals surface area contributed by atoms with Crippen LogP contribution in [0.5, 0.6) is 0 Å². The summed E-state index contributed by atoms with van der Waals surface area (Å²) >= 11 is 0. The van der Waals surface area contributed by atoms with Crippen molar-refractivity contribution in [2.24, 2.45) is 4.99 Å². The summed E-state index contributed by atoms with van der Waals surface area (Å²) in [4.78, 5) is 4.19. The Labute approximate surface area is 176 Å². The van der Waals surface area contributed by atoms with Crippen LogP contribution in [-0.2, 0) is 19.4 Å². The van der Waals surface area contributed by atoms with Gasteiger partial charge in [0.1, 0.15) is 17.4 Å². The monoisotopic (exact) mass is 492 g/mol. The molecule has 5 nitrogen and oxygen atoms in total. The van der Waals surface area contributed by atoms with Crippen molar-refractivity contribution in [3.63, 3.8) is 0 Å². The average Bonchev–Trinajstić information content (AvgIpc) is 3.03. The van der Waals surface area contributed by atoms with Crippen LogP contribution in [0.1, 0.15) is 49.3 Å². The number of benzene rings is 1. The minimum atomic E-state index is -0.573. The van der Waals surface area contributed by atoms with Gasteiger partial charge in [0.15, 0.2) is 5.96 Å². The molecular weight excluding hydrogens is 465 g/mol. The number of aromatic nitrogens is 1. The van der Waals surface area contributed by atoms with Gasteiger partial charge in [-0.1, -0.05) is 32.0 Å². The highest BCUT2D eigenvalue weighted by Crippen LogP contribution is 2.19. The standard InChI is InChI=1S/C19H26F2N4O.HI/c1-5-17-15(18(6-2)26-25-17)11-24-19(22-4)23-10-12(3)14-8-7-13(20)9-16(14)21;/h7-9,12H,5-6,10-11H2,1-4H3,(H2,22,23,24);1H. The zero-order valence-electron chi connectivity index (χ0n) is 16.1. The zero-order valence-corrected chi connectivity index (χ0v) is 18.4. The Morgan fingerprint density at radius 1 is 1.22 bits per heavy atom. The van der Waals surface area contributed by atoms with Crippen molar-refractivity contribution in [3.8, 4) is 0 Å². The van der Waals surface area contributed by atoms with Gasteiger partial charge in [-0.3, -0.25) is 4.99 Å². The molecule has 0 fully saturated rings. The molecule has 0 aliphatic carbocycles. The van der Waals surface area contributed by atoms with Crippen LogP contribution in [0, 0.1) is 11.6 Å². The summed E-state index contributed by atoms with van der Waals surface area (Å²) in [6.45, 7) is 6.95. The number of guanidine groups is 1. The largest absolute Gasteiger partial charge is 0.361 e. The molecular formula is C19H27F2IN4O. The van der Waals surface area contributed by atoms with E-state index in [4.69, 9.17) is 4.52 Å². The lowest BCUT2D eigenvalue weighted by Crippen LogP contribution is -2.39. The Balaban J connectivity index is 0.00000364. The van der Waals surface area contributed by atoms with Gasteiger partial charge in [-0.15, -0.1) is 24.0 Å². The minimum absolute atomic E-state index is 0. The topological polar surface area (TPSA) is 62.5 Å². The Bertz CT molecular complexity index is 743. The first-order chi connectivity index (χ1) is 12.5. The van der Waals surface area contributed by atoms with E-state index in [2.05, 4.69) is 20.8 Å². The van der Waals surface area contributed by atoms with Gasteiger partial charge in [-0.2, -0.15) is 0 Å². The molecule has 27 heavy (non-hydrogen) atoms. The number of halogens is 3. The van der Waals surface area contributed by atoms with Gasteiger partial charge in [-0.25, -0.2) is 8.78 Å². The van der Waals surface area contributed by atoms with Crippen molar-refractivity contribution >= 4 is 29.9 Å². The lowest BCUT2D eigenvalue weighted by atomic mass is 10.0. The second-order valence-corrected chi connectivity index (χ2v) is 6.11. The first-order valence-electron chi connectivity index (χ1n) is 8.85. The van der Waals surface area contributed by atoms with Crippen LogP contribution in [0.25, 0.3) is 0 Å². The van der Waals surface area contributed by atoms with Crippen LogP contribution in [-0.4, -0.2) is 24.7 Å². The molecule has 1 aromatic heterocycles. The van der Waals surface area contributed by atoms with Crippen LogP contribution in [0.3, 0.4) is 0 Å². The molecule has 2 N–H and O–H groups in total. The fourth-order valence-electron chi connectivity index (χ4n) is 2.79. The number of nitrogens with zero attached hydrogens (tertiary/aromatic N) is 2. The fraction of sp³-hybridized carbons (Fsp3) is 0.474. The summed E-state index contributed by atoms with van der Waals surface area (Å²) in [6.07, 6.45) is 1.57. The highest BCUT2D eigenvalue weighted by atomic mass is 127.